The lowest BCUT2D eigenvalue weighted by atomic mass is 9.92. The van der Waals surface area contributed by atoms with E-state index in [2.05, 4.69) is 29.2 Å². The van der Waals surface area contributed by atoms with Gasteiger partial charge in [0.25, 0.3) is 0 Å². The smallest absolute Gasteiger partial charge is 0.0702 e. The van der Waals surface area contributed by atoms with Crippen LogP contribution in [0.2, 0.25) is 0 Å². The molecule has 2 unspecified atom stereocenters. The summed E-state index contributed by atoms with van der Waals surface area (Å²) in [6, 6.07) is 10.6. The molecule has 3 rings (SSSR count). The summed E-state index contributed by atoms with van der Waals surface area (Å²) in [4.78, 5) is 4.57. The lowest BCUT2D eigenvalue weighted by molar-refractivity contribution is 0.594. The Labute approximate surface area is 113 Å². The first-order valence-electron chi connectivity index (χ1n) is 6.82. The maximum Gasteiger partial charge on any atom is 0.0702 e. The van der Waals surface area contributed by atoms with E-state index in [1.165, 1.54) is 36.6 Å². The molecule has 1 aromatic heterocycles. The van der Waals surface area contributed by atoms with Crippen molar-refractivity contribution >= 4 is 22.5 Å². The van der Waals surface area contributed by atoms with Gasteiger partial charge in [0.15, 0.2) is 0 Å². The molecule has 2 heteroatoms. The van der Waals surface area contributed by atoms with E-state index in [-0.39, 0.29) is 0 Å². The Bertz CT molecular complexity index is 537. The Morgan fingerprint density at radius 3 is 2.89 bits per heavy atom. The minimum atomic E-state index is 0.337. The molecule has 1 saturated carbocycles. The standard InChI is InChI=1S/C16H18ClN/c17-15-7-3-1-5-12(10-15)14-9-13-6-2-4-8-16(13)18-11-14/h2,4,6,8-9,11-12,15H,1,3,5,7,10H2. The predicted molar refractivity (Wildman–Crippen MR) is 77.2 cm³/mol. The van der Waals surface area contributed by atoms with Crippen LogP contribution in [0, 0.1) is 0 Å². The summed E-state index contributed by atoms with van der Waals surface area (Å²) in [5, 5.41) is 1.58. The molecule has 0 amide bonds. The number of para-hydroxylation sites is 1. The zero-order valence-corrected chi connectivity index (χ0v) is 11.2. The van der Waals surface area contributed by atoms with E-state index in [4.69, 9.17) is 11.6 Å². The van der Waals surface area contributed by atoms with Crippen molar-refractivity contribution in [1.82, 2.24) is 4.98 Å². The third-order valence-corrected chi connectivity index (χ3v) is 4.34. The molecule has 0 bridgehead atoms. The highest BCUT2D eigenvalue weighted by Crippen LogP contribution is 2.34. The lowest BCUT2D eigenvalue weighted by Crippen LogP contribution is -2.04. The van der Waals surface area contributed by atoms with Gasteiger partial charge >= 0.3 is 0 Å². The molecule has 18 heavy (non-hydrogen) atoms. The van der Waals surface area contributed by atoms with Crippen LogP contribution in [0.5, 0.6) is 0 Å². The number of hydrogen-bond acceptors (Lipinski definition) is 1. The molecule has 1 heterocycles. The molecule has 1 nitrogen and oxygen atoms in total. The molecule has 2 aromatic rings. The highest BCUT2D eigenvalue weighted by atomic mass is 35.5. The summed E-state index contributed by atoms with van der Waals surface area (Å²) in [7, 11) is 0. The maximum atomic E-state index is 6.36. The summed E-state index contributed by atoms with van der Waals surface area (Å²) < 4.78 is 0. The van der Waals surface area contributed by atoms with Crippen LogP contribution in [0.3, 0.4) is 0 Å². The van der Waals surface area contributed by atoms with Gasteiger partial charge in [-0.2, -0.15) is 0 Å². The van der Waals surface area contributed by atoms with E-state index in [1.807, 2.05) is 12.3 Å². The second-order valence-corrected chi connectivity index (χ2v) is 5.89. The summed E-state index contributed by atoms with van der Waals surface area (Å²) in [5.74, 6) is 0.590. The van der Waals surface area contributed by atoms with Gasteiger partial charge in [0, 0.05) is 17.0 Å². The average Bonchev–Trinajstić information content (AvgIpc) is 2.63. The number of pyridine rings is 1. The van der Waals surface area contributed by atoms with E-state index in [1.54, 1.807) is 0 Å². The summed E-state index contributed by atoms with van der Waals surface area (Å²) >= 11 is 6.36. The van der Waals surface area contributed by atoms with Gasteiger partial charge in [-0.3, -0.25) is 4.98 Å². The van der Waals surface area contributed by atoms with Crippen molar-refractivity contribution in [3.8, 4) is 0 Å². The van der Waals surface area contributed by atoms with Crippen LogP contribution < -0.4 is 0 Å². The molecule has 0 spiro atoms. The van der Waals surface area contributed by atoms with Gasteiger partial charge in [0.05, 0.1) is 5.52 Å². The number of halogens is 1. The number of alkyl halides is 1. The molecule has 0 N–H and O–H groups in total. The first kappa shape index (κ1) is 12.0. The quantitative estimate of drug-likeness (QED) is 0.525. The number of hydrogen-bond donors (Lipinski definition) is 0. The minimum absolute atomic E-state index is 0.337. The number of nitrogens with zero attached hydrogens (tertiary/aromatic N) is 1. The molecule has 1 aliphatic rings. The molecular weight excluding hydrogens is 242 g/mol. The maximum absolute atomic E-state index is 6.36. The molecule has 94 valence electrons. The van der Waals surface area contributed by atoms with Gasteiger partial charge in [0.1, 0.15) is 0 Å². The van der Waals surface area contributed by atoms with Gasteiger partial charge < -0.3 is 0 Å². The minimum Gasteiger partial charge on any atom is -0.256 e. The van der Waals surface area contributed by atoms with Gasteiger partial charge in [-0.15, -0.1) is 11.6 Å². The highest BCUT2D eigenvalue weighted by Gasteiger charge is 2.20. The monoisotopic (exact) mass is 259 g/mol. The first-order chi connectivity index (χ1) is 8.83. The molecule has 1 aliphatic carbocycles. The van der Waals surface area contributed by atoms with Crippen LogP contribution in [0.1, 0.15) is 43.6 Å². The topological polar surface area (TPSA) is 12.9 Å². The zero-order chi connectivity index (χ0) is 12.4. The Morgan fingerprint density at radius 2 is 1.94 bits per heavy atom. The van der Waals surface area contributed by atoms with Gasteiger partial charge in [-0.1, -0.05) is 31.0 Å². The third-order valence-electron chi connectivity index (χ3n) is 3.94. The fourth-order valence-electron chi connectivity index (χ4n) is 2.92. The van der Waals surface area contributed by atoms with Crippen LogP contribution >= 0.6 is 11.6 Å². The number of fused-ring (bicyclic) bond motifs is 1. The van der Waals surface area contributed by atoms with Crippen LogP contribution in [0.15, 0.2) is 36.5 Å². The van der Waals surface area contributed by atoms with Crippen molar-refractivity contribution in [2.24, 2.45) is 0 Å². The molecule has 0 saturated heterocycles. The van der Waals surface area contributed by atoms with Crippen LogP contribution in [0.4, 0.5) is 0 Å². The van der Waals surface area contributed by atoms with E-state index in [9.17, 15) is 0 Å². The molecule has 2 atom stereocenters. The second kappa shape index (κ2) is 5.27. The molecule has 0 radical (unpaired) electrons. The third kappa shape index (κ3) is 2.51. The van der Waals surface area contributed by atoms with Gasteiger partial charge in [0.2, 0.25) is 0 Å². The second-order valence-electron chi connectivity index (χ2n) is 5.28. The van der Waals surface area contributed by atoms with Crippen molar-refractivity contribution < 1.29 is 0 Å². The largest absolute Gasteiger partial charge is 0.256 e. The fraction of sp³-hybridized carbons (Fsp3) is 0.438. The fourth-order valence-corrected chi connectivity index (χ4v) is 3.28. The van der Waals surface area contributed by atoms with Crippen LogP contribution in [0.25, 0.3) is 10.9 Å². The van der Waals surface area contributed by atoms with E-state index < -0.39 is 0 Å². The number of rotatable bonds is 1. The Kier molecular flexibility index (Phi) is 3.51. The van der Waals surface area contributed by atoms with Crippen LogP contribution in [-0.4, -0.2) is 10.4 Å². The Balaban J connectivity index is 1.92. The van der Waals surface area contributed by atoms with Crippen molar-refractivity contribution in [1.29, 1.82) is 0 Å². The van der Waals surface area contributed by atoms with E-state index in [0.29, 0.717) is 11.3 Å². The van der Waals surface area contributed by atoms with Gasteiger partial charge in [-0.05, 0) is 42.9 Å². The summed E-state index contributed by atoms with van der Waals surface area (Å²) in [6.45, 7) is 0. The molecule has 1 fully saturated rings. The number of aromatic nitrogens is 1. The molecule has 1 aromatic carbocycles. The molecule has 0 aliphatic heterocycles. The zero-order valence-electron chi connectivity index (χ0n) is 10.5. The molecular formula is C16H18ClN. The Morgan fingerprint density at radius 1 is 1.11 bits per heavy atom. The normalized spacial score (nSPS) is 24.9. The van der Waals surface area contributed by atoms with E-state index >= 15 is 0 Å². The van der Waals surface area contributed by atoms with Crippen molar-refractivity contribution in [3.63, 3.8) is 0 Å². The van der Waals surface area contributed by atoms with Gasteiger partial charge in [-0.25, -0.2) is 0 Å². The number of benzene rings is 1. The average molecular weight is 260 g/mol. The van der Waals surface area contributed by atoms with Crippen molar-refractivity contribution in [3.05, 3.63) is 42.1 Å². The predicted octanol–water partition coefficient (Wildman–Crippen LogP) is 4.89. The van der Waals surface area contributed by atoms with Crippen LogP contribution in [-0.2, 0) is 0 Å². The van der Waals surface area contributed by atoms with Crippen molar-refractivity contribution in [2.45, 2.75) is 43.4 Å². The van der Waals surface area contributed by atoms with Crippen molar-refractivity contribution in [2.75, 3.05) is 0 Å². The summed E-state index contributed by atoms with van der Waals surface area (Å²) in [5.41, 5.74) is 2.44. The first-order valence-corrected chi connectivity index (χ1v) is 7.25. The SMILES string of the molecule is ClC1CCCCC(c2cnc3ccccc3c2)C1. The Hall–Kier alpha value is -1.08. The highest BCUT2D eigenvalue weighted by molar-refractivity contribution is 6.20. The lowest BCUT2D eigenvalue weighted by Gasteiger charge is -2.16. The summed E-state index contributed by atoms with van der Waals surface area (Å²) in [6.07, 6.45) is 8.12. The van der Waals surface area contributed by atoms with E-state index in [0.717, 1.165) is 11.9 Å².